The van der Waals surface area contributed by atoms with Crippen molar-refractivity contribution in [1.82, 2.24) is 5.32 Å². The number of carbonyl (C=O) groups is 2. The maximum Gasteiger partial charge on any atom is 0.330 e. The number of carboxylic acid groups (broad SMARTS) is 1. The predicted molar refractivity (Wildman–Crippen MR) is 89.2 cm³/mol. The van der Waals surface area contributed by atoms with E-state index < -0.39 is 12.0 Å². The minimum atomic E-state index is -1.06. The summed E-state index contributed by atoms with van der Waals surface area (Å²) in [7, 11) is 0. The highest BCUT2D eigenvalue weighted by molar-refractivity contribution is 5.84. The summed E-state index contributed by atoms with van der Waals surface area (Å²) < 4.78 is 0. The SMILES string of the molecule is Cc1ccccc1C(C)CC(=O)NC(C(=O)O)c1ccccc1. The topological polar surface area (TPSA) is 66.4 Å². The second kappa shape index (κ2) is 7.58. The van der Waals surface area contributed by atoms with E-state index in [1.165, 1.54) is 0 Å². The van der Waals surface area contributed by atoms with Crippen LogP contribution in [0.5, 0.6) is 0 Å². The second-order valence-corrected chi connectivity index (χ2v) is 5.71. The summed E-state index contributed by atoms with van der Waals surface area (Å²) >= 11 is 0. The number of aryl methyl sites for hydroxylation is 1. The number of aliphatic carboxylic acids is 1. The first-order chi connectivity index (χ1) is 11.0. The molecule has 2 atom stereocenters. The Labute approximate surface area is 136 Å². The first-order valence-corrected chi connectivity index (χ1v) is 7.61. The van der Waals surface area contributed by atoms with Gasteiger partial charge < -0.3 is 10.4 Å². The van der Waals surface area contributed by atoms with Crippen molar-refractivity contribution in [2.45, 2.75) is 32.2 Å². The minimum absolute atomic E-state index is 0.0291. The van der Waals surface area contributed by atoms with Crippen molar-refractivity contribution in [2.24, 2.45) is 0 Å². The number of carbonyl (C=O) groups excluding carboxylic acids is 1. The Morgan fingerprint density at radius 1 is 1.04 bits per heavy atom. The van der Waals surface area contributed by atoms with E-state index >= 15 is 0 Å². The monoisotopic (exact) mass is 311 g/mol. The molecule has 2 aromatic rings. The Kier molecular flexibility index (Phi) is 5.52. The van der Waals surface area contributed by atoms with Crippen molar-refractivity contribution in [2.75, 3.05) is 0 Å². The van der Waals surface area contributed by atoms with E-state index in [4.69, 9.17) is 0 Å². The van der Waals surface area contributed by atoms with E-state index in [0.29, 0.717) is 5.56 Å². The molecule has 4 heteroatoms. The normalized spacial score (nSPS) is 13.1. The molecule has 2 unspecified atom stereocenters. The van der Waals surface area contributed by atoms with Crippen LogP contribution in [0.1, 0.15) is 42.0 Å². The Morgan fingerprint density at radius 3 is 2.26 bits per heavy atom. The maximum atomic E-state index is 12.3. The molecule has 2 rings (SSSR count). The molecule has 0 aliphatic rings. The van der Waals surface area contributed by atoms with Crippen LogP contribution in [-0.4, -0.2) is 17.0 Å². The van der Waals surface area contributed by atoms with E-state index in [0.717, 1.165) is 11.1 Å². The van der Waals surface area contributed by atoms with Crippen LogP contribution in [0.15, 0.2) is 54.6 Å². The van der Waals surface area contributed by atoms with Gasteiger partial charge in [-0.15, -0.1) is 0 Å². The van der Waals surface area contributed by atoms with Gasteiger partial charge in [-0.1, -0.05) is 61.5 Å². The lowest BCUT2D eigenvalue weighted by Crippen LogP contribution is -2.34. The molecule has 0 radical (unpaired) electrons. The van der Waals surface area contributed by atoms with Gasteiger partial charge in [-0.2, -0.15) is 0 Å². The summed E-state index contributed by atoms with van der Waals surface area (Å²) in [4.78, 5) is 23.7. The highest BCUT2D eigenvalue weighted by Crippen LogP contribution is 2.23. The Morgan fingerprint density at radius 2 is 1.65 bits per heavy atom. The molecule has 0 heterocycles. The number of amides is 1. The van der Waals surface area contributed by atoms with Crippen molar-refractivity contribution in [3.63, 3.8) is 0 Å². The lowest BCUT2D eigenvalue weighted by atomic mass is 9.93. The van der Waals surface area contributed by atoms with Crippen molar-refractivity contribution in [3.05, 3.63) is 71.3 Å². The number of carboxylic acids is 1. The van der Waals surface area contributed by atoms with Gasteiger partial charge in [0.2, 0.25) is 5.91 Å². The molecule has 0 aromatic heterocycles. The molecular weight excluding hydrogens is 290 g/mol. The van der Waals surface area contributed by atoms with Crippen LogP contribution >= 0.6 is 0 Å². The van der Waals surface area contributed by atoms with Gasteiger partial charge in [0.15, 0.2) is 6.04 Å². The van der Waals surface area contributed by atoms with Crippen LogP contribution in [0, 0.1) is 6.92 Å². The highest BCUT2D eigenvalue weighted by Gasteiger charge is 2.23. The second-order valence-electron chi connectivity index (χ2n) is 5.71. The van der Waals surface area contributed by atoms with Crippen LogP contribution in [0.4, 0.5) is 0 Å². The van der Waals surface area contributed by atoms with Gasteiger partial charge in [0, 0.05) is 6.42 Å². The van der Waals surface area contributed by atoms with Crippen LogP contribution < -0.4 is 5.32 Å². The van der Waals surface area contributed by atoms with E-state index in [2.05, 4.69) is 5.32 Å². The van der Waals surface area contributed by atoms with Crippen molar-refractivity contribution < 1.29 is 14.7 Å². The first kappa shape index (κ1) is 16.7. The largest absolute Gasteiger partial charge is 0.479 e. The maximum absolute atomic E-state index is 12.3. The molecule has 0 saturated heterocycles. The third kappa shape index (κ3) is 4.42. The van der Waals surface area contributed by atoms with Crippen LogP contribution in [0.2, 0.25) is 0 Å². The average Bonchev–Trinajstić information content (AvgIpc) is 2.53. The number of rotatable bonds is 6. The van der Waals surface area contributed by atoms with Crippen molar-refractivity contribution in [3.8, 4) is 0 Å². The Bertz CT molecular complexity index is 682. The van der Waals surface area contributed by atoms with E-state index in [1.54, 1.807) is 24.3 Å². The molecule has 1 amide bonds. The summed E-state index contributed by atoms with van der Waals surface area (Å²) in [6.45, 7) is 3.98. The third-order valence-electron chi connectivity index (χ3n) is 3.90. The average molecular weight is 311 g/mol. The first-order valence-electron chi connectivity index (χ1n) is 7.61. The molecule has 0 aliphatic carbocycles. The molecular formula is C19H21NO3. The van der Waals surface area contributed by atoms with Crippen molar-refractivity contribution in [1.29, 1.82) is 0 Å². The zero-order chi connectivity index (χ0) is 16.8. The standard InChI is InChI=1S/C19H21NO3/c1-13-8-6-7-11-16(13)14(2)12-17(21)20-18(19(22)23)15-9-4-3-5-10-15/h3-11,14,18H,12H2,1-2H3,(H,20,21)(H,22,23). The highest BCUT2D eigenvalue weighted by atomic mass is 16.4. The van der Waals surface area contributed by atoms with Gasteiger partial charge in [-0.05, 0) is 29.5 Å². The summed E-state index contributed by atoms with van der Waals surface area (Å²) in [6.07, 6.45) is 0.251. The predicted octanol–water partition coefficient (Wildman–Crippen LogP) is 3.43. The fraction of sp³-hybridized carbons (Fsp3) is 0.263. The number of hydrogen-bond acceptors (Lipinski definition) is 2. The van der Waals surface area contributed by atoms with Gasteiger partial charge >= 0.3 is 5.97 Å². The van der Waals surface area contributed by atoms with Gasteiger partial charge in [0.05, 0.1) is 0 Å². The molecule has 2 N–H and O–H groups in total. The molecule has 2 aromatic carbocycles. The smallest absolute Gasteiger partial charge is 0.330 e. The quantitative estimate of drug-likeness (QED) is 0.859. The molecule has 0 spiro atoms. The number of benzene rings is 2. The van der Waals surface area contributed by atoms with Gasteiger partial charge in [0.25, 0.3) is 0 Å². The lowest BCUT2D eigenvalue weighted by molar-refractivity contribution is -0.142. The Hall–Kier alpha value is -2.62. The number of hydrogen-bond donors (Lipinski definition) is 2. The van der Waals surface area contributed by atoms with Gasteiger partial charge in [-0.25, -0.2) is 4.79 Å². The molecule has 0 saturated carbocycles. The fourth-order valence-electron chi connectivity index (χ4n) is 2.68. The molecule has 120 valence electrons. The van der Waals surface area contributed by atoms with Gasteiger partial charge in [0.1, 0.15) is 0 Å². The Balaban J connectivity index is 2.05. The zero-order valence-electron chi connectivity index (χ0n) is 13.3. The van der Waals surface area contributed by atoms with Gasteiger partial charge in [-0.3, -0.25) is 4.79 Å². The third-order valence-corrected chi connectivity index (χ3v) is 3.90. The number of nitrogens with one attached hydrogen (secondary N) is 1. The molecule has 0 bridgehead atoms. The summed E-state index contributed by atoms with van der Waals surface area (Å²) in [6, 6.07) is 15.6. The summed E-state index contributed by atoms with van der Waals surface area (Å²) in [5, 5.41) is 12.0. The molecule has 4 nitrogen and oxygen atoms in total. The van der Waals surface area contributed by atoms with Crippen LogP contribution in [-0.2, 0) is 9.59 Å². The molecule has 23 heavy (non-hydrogen) atoms. The summed E-state index contributed by atoms with van der Waals surface area (Å²) in [5.41, 5.74) is 2.80. The van der Waals surface area contributed by atoms with E-state index in [-0.39, 0.29) is 18.2 Å². The molecule has 0 aliphatic heterocycles. The van der Waals surface area contributed by atoms with E-state index in [9.17, 15) is 14.7 Å². The summed E-state index contributed by atoms with van der Waals surface area (Å²) in [5.74, 6) is -1.30. The van der Waals surface area contributed by atoms with Crippen LogP contribution in [0.25, 0.3) is 0 Å². The lowest BCUT2D eigenvalue weighted by Gasteiger charge is -2.18. The zero-order valence-corrected chi connectivity index (χ0v) is 13.3. The van der Waals surface area contributed by atoms with E-state index in [1.807, 2.05) is 44.2 Å². The van der Waals surface area contributed by atoms with Crippen LogP contribution in [0.3, 0.4) is 0 Å². The molecule has 0 fully saturated rings. The fourth-order valence-corrected chi connectivity index (χ4v) is 2.68. The minimum Gasteiger partial charge on any atom is -0.479 e. The van der Waals surface area contributed by atoms with Crippen molar-refractivity contribution >= 4 is 11.9 Å².